The maximum atomic E-state index is 5.08. The Hall–Kier alpha value is -1.40. The highest BCUT2D eigenvalue weighted by Gasteiger charge is 2.07. The second kappa shape index (κ2) is 6.68. The van der Waals surface area contributed by atoms with E-state index in [2.05, 4.69) is 26.0 Å². The van der Waals surface area contributed by atoms with Crippen LogP contribution in [0.5, 0.6) is 0 Å². The van der Waals surface area contributed by atoms with Crippen molar-refractivity contribution in [1.82, 2.24) is 14.5 Å². The molecular formula is C13H20N4OS. The van der Waals surface area contributed by atoms with Gasteiger partial charge in [-0.1, -0.05) is 0 Å². The molecule has 0 aliphatic rings. The van der Waals surface area contributed by atoms with Gasteiger partial charge in [0, 0.05) is 31.3 Å². The number of nitrogens with zero attached hydrogens (tertiary/aromatic N) is 3. The number of rotatable bonds is 7. The van der Waals surface area contributed by atoms with Crippen molar-refractivity contribution < 1.29 is 4.74 Å². The van der Waals surface area contributed by atoms with E-state index in [-0.39, 0.29) is 0 Å². The van der Waals surface area contributed by atoms with Gasteiger partial charge in [0.25, 0.3) is 0 Å². The number of hydrogen-bond donors (Lipinski definition) is 1. The fraction of sp³-hybridized carbons (Fsp3) is 0.538. The van der Waals surface area contributed by atoms with Gasteiger partial charge < -0.3 is 14.6 Å². The van der Waals surface area contributed by atoms with E-state index in [4.69, 9.17) is 4.74 Å². The molecule has 2 aromatic heterocycles. The molecule has 0 fully saturated rings. The molecule has 1 N–H and O–H groups in total. The zero-order valence-electron chi connectivity index (χ0n) is 11.6. The third-order valence-corrected chi connectivity index (χ3v) is 3.83. The minimum absolute atomic E-state index is 0.768. The van der Waals surface area contributed by atoms with Crippen LogP contribution in [0.2, 0.25) is 0 Å². The summed E-state index contributed by atoms with van der Waals surface area (Å²) >= 11 is 1.67. The highest BCUT2D eigenvalue weighted by atomic mass is 32.1. The lowest BCUT2D eigenvalue weighted by Gasteiger charge is -2.09. The second-order valence-corrected chi connectivity index (χ2v) is 5.40. The molecule has 19 heavy (non-hydrogen) atoms. The van der Waals surface area contributed by atoms with E-state index < -0.39 is 0 Å². The summed E-state index contributed by atoms with van der Waals surface area (Å²) in [5.74, 6) is 0.918. The molecule has 0 aliphatic carbocycles. The van der Waals surface area contributed by atoms with Gasteiger partial charge in [-0.15, -0.1) is 11.3 Å². The molecular weight excluding hydrogens is 260 g/mol. The highest BCUT2D eigenvalue weighted by Crippen LogP contribution is 2.15. The van der Waals surface area contributed by atoms with E-state index in [1.165, 1.54) is 4.88 Å². The molecule has 0 bridgehead atoms. The first kappa shape index (κ1) is 14.0. The molecule has 0 saturated carbocycles. The van der Waals surface area contributed by atoms with Gasteiger partial charge in [-0.25, -0.2) is 9.97 Å². The summed E-state index contributed by atoms with van der Waals surface area (Å²) in [7, 11) is 1.73. The number of nitrogens with one attached hydrogen (secondary N) is 1. The molecule has 104 valence electrons. The van der Waals surface area contributed by atoms with Crippen LogP contribution in [0.15, 0.2) is 11.7 Å². The minimum Gasteiger partial charge on any atom is -0.385 e. The average molecular weight is 280 g/mol. The Bertz CT molecular complexity index is 520. The Morgan fingerprint density at radius 3 is 2.95 bits per heavy atom. The highest BCUT2D eigenvalue weighted by molar-refractivity contribution is 7.09. The Balaban J connectivity index is 1.97. The molecule has 2 aromatic rings. The molecule has 2 heterocycles. The van der Waals surface area contributed by atoms with Gasteiger partial charge in [-0.05, 0) is 20.3 Å². The van der Waals surface area contributed by atoms with Crippen molar-refractivity contribution in [3.05, 3.63) is 28.0 Å². The van der Waals surface area contributed by atoms with Gasteiger partial charge in [-0.2, -0.15) is 0 Å². The van der Waals surface area contributed by atoms with Crippen LogP contribution in [0.4, 0.5) is 5.95 Å². The zero-order chi connectivity index (χ0) is 13.7. The normalized spacial score (nSPS) is 10.9. The summed E-state index contributed by atoms with van der Waals surface area (Å²) in [6, 6.07) is 0. The maximum Gasteiger partial charge on any atom is 0.203 e. The summed E-state index contributed by atoms with van der Waals surface area (Å²) in [4.78, 5) is 10.0. The quantitative estimate of drug-likeness (QED) is 0.792. The van der Waals surface area contributed by atoms with Crippen LogP contribution in [-0.2, 0) is 17.8 Å². The monoisotopic (exact) mass is 280 g/mol. The summed E-state index contributed by atoms with van der Waals surface area (Å²) in [6.07, 6.45) is 3.05. The average Bonchev–Trinajstić information content (AvgIpc) is 2.94. The molecule has 0 saturated heterocycles. The second-order valence-electron chi connectivity index (χ2n) is 4.46. The molecule has 0 aromatic carbocycles. The fourth-order valence-corrected chi connectivity index (χ4v) is 2.61. The molecule has 0 unspecified atom stereocenters. The molecule has 0 amide bonds. The number of anilines is 1. The third kappa shape index (κ3) is 3.78. The van der Waals surface area contributed by atoms with E-state index in [1.54, 1.807) is 18.4 Å². The van der Waals surface area contributed by atoms with Crippen molar-refractivity contribution in [3.63, 3.8) is 0 Å². The van der Waals surface area contributed by atoms with E-state index >= 15 is 0 Å². The van der Waals surface area contributed by atoms with Gasteiger partial charge in [-0.3, -0.25) is 0 Å². The van der Waals surface area contributed by atoms with Crippen LogP contribution in [-0.4, -0.2) is 28.3 Å². The first-order valence-corrected chi connectivity index (χ1v) is 7.24. The number of aromatic nitrogens is 3. The third-order valence-electron chi connectivity index (χ3n) is 2.90. The predicted octanol–water partition coefficient (Wildman–Crippen LogP) is 2.61. The Morgan fingerprint density at radius 1 is 1.42 bits per heavy atom. The molecule has 0 spiro atoms. The van der Waals surface area contributed by atoms with Crippen molar-refractivity contribution in [2.75, 3.05) is 19.0 Å². The molecule has 5 nitrogen and oxygen atoms in total. The predicted molar refractivity (Wildman–Crippen MR) is 77.6 cm³/mol. The Labute approximate surface area is 117 Å². The minimum atomic E-state index is 0.768. The van der Waals surface area contributed by atoms with Crippen molar-refractivity contribution in [1.29, 1.82) is 0 Å². The van der Waals surface area contributed by atoms with E-state index in [1.807, 2.05) is 19.4 Å². The van der Waals surface area contributed by atoms with Crippen molar-refractivity contribution >= 4 is 17.3 Å². The van der Waals surface area contributed by atoms with Gasteiger partial charge in [0.15, 0.2) is 0 Å². The van der Waals surface area contributed by atoms with E-state index in [0.29, 0.717) is 0 Å². The van der Waals surface area contributed by atoms with Crippen LogP contribution in [0.1, 0.15) is 22.7 Å². The van der Waals surface area contributed by atoms with Crippen LogP contribution in [0, 0.1) is 13.8 Å². The van der Waals surface area contributed by atoms with Gasteiger partial charge in [0.2, 0.25) is 5.95 Å². The number of methoxy groups -OCH3 is 1. The number of aryl methyl sites for hydroxylation is 3. The smallest absolute Gasteiger partial charge is 0.203 e. The van der Waals surface area contributed by atoms with E-state index in [9.17, 15) is 0 Å². The lowest BCUT2D eigenvalue weighted by atomic mass is 10.4. The van der Waals surface area contributed by atoms with E-state index in [0.717, 1.165) is 43.5 Å². The van der Waals surface area contributed by atoms with Gasteiger partial charge >= 0.3 is 0 Å². The number of imidazole rings is 1. The molecule has 6 heteroatoms. The number of thiazole rings is 1. The lowest BCUT2D eigenvalue weighted by Crippen LogP contribution is -2.08. The summed E-state index contributed by atoms with van der Waals surface area (Å²) in [5.41, 5.74) is 4.00. The summed E-state index contributed by atoms with van der Waals surface area (Å²) in [5, 5.41) is 3.39. The van der Waals surface area contributed by atoms with Crippen LogP contribution in [0.3, 0.4) is 0 Å². The molecule has 0 radical (unpaired) electrons. The maximum absolute atomic E-state index is 5.08. The van der Waals surface area contributed by atoms with Crippen molar-refractivity contribution in [2.45, 2.75) is 33.4 Å². The fourth-order valence-electron chi connectivity index (χ4n) is 1.89. The number of hydrogen-bond acceptors (Lipinski definition) is 5. The topological polar surface area (TPSA) is 52.0 Å². The summed E-state index contributed by atoms with van der Waals surface area (Å²) in [6.45, 7) is 6.50. The first-order chi connectivity index (χ1) is 9.20. The Morgan fingerprint density at radius 2 is 2.26 bits per heavy atom. The Kier molecular flexibility index (Phi) is 4.93. The largest absolute Gasteiger partial charge is 0.385 e. The molecule has 2 rings (SSSR count). The number of ether oxygens (including phenoxy) is 1. The van der Waals surface area contributed by atoms with Crippen molar-refractivity contribution in [3.8, 4) is 0 Å². The van der Waals surface area contributed by atoms with Crippen molar-refractivity contribution in [2.24, 2.45) is 0 Å². The van der Waals surface area contributed by atoms with Crippen LogP contribution >= 0.6 is 11.3 Å². The van der Waals surface area contributed by atoms with Gasteiger partial charge in [0.05, 0.1) is 23.4 Å². The van der Waals surface area contributed by atoms with Gasteiger partial charge in [0.1, 0.15) is 0 Å². The standard InChI is InChI=1S/C13H20N4OS/c1-10-8-17(5-4-6-18-3)13(16-10)14-7-12-11(2)15-9-19-12/h8-9H,4-7H2,1-3H3,(H,14,16). The first-order valence-electron chi connectivity index (χ1n) is 6.36. The SMILES string of the molecule is COCCCn1cc(C)nc1NCc1scnc1C. The lowest BCUT2D eigenvalue weighted by molar-refractivity contribution is 0.190. The zero-order valence-corrected chi connectivity index (χ0v) is 12.5. The van der Waals surface area contributed by atoms with Crippen LogP contribution < -0.4 is 5.32 Å². The van der Waals surface area contributed by atoms with Crippen LogP contribution in [0.25, 0.3) is 0 Å². The summed E-state index contributed by atoms with van der Waals surface area (Å²) < 4.78 is 7.23. The molecule has 0 atom stereocenters. The molecule has 0 aliphatic heterocycles.